The van der Waals surface area contributed by atoms with Crippen LogP contribution < -0.4 is 11.1 Å². The molecule has 1 amide bonds. The minimum Gasteiger partial charge on any atom is -0.370 e. The average molecular weight is 238 g/mol. The Bertz CT molecular complexity index is 291. The zero-order chi connectivity index (χ0) is 12.1. The van der Waals surface area contributed by atoms with E-state index >= 15 is 0 Å². The molecule has 3 N–H and O–H groups in total. The second kappa shape index (κ2) is 5.89. The Morgan fingerprint density at radius 3 is 2.53 bits per heavy atom. The lowest BCUT2D eigenvalue weighted by Gasteiger charge is -2.15. The van der Waals surface area contributed by atoms with Gasteiger partial charge in [0.05, 0.1) is 0 Å². The van der Waals surface area contributed by atoms with E-state index in [1.165, 1.54) is 12.8 Å². The molecule has 2 aliphatic rings. The van der Waals surface area contributed by atoms with Crippen LogP contribution >= 0.6 is 0 Å². The molecule has 1 saturated heterocycles. The Labute approximate surface area is 102 Å². The van der Waals surface area contributed by atoms with Crippen molar-refractivity contribution in [1.29, 1.82) is 0 Å². The molecule has 1 aliphatic heterocycles. The number of carbonyl (C=O) groups is 1. The number of amides is 1. The van der Waals surface area contributed by atoms with Crippen LogP contribution in [0.15, 0.2) is 4.99 Å². The van der Waals surface area contributed by atoms with Gasteiger partial charge in [-0.1, -0.05) is 12.8 Å². The van der Waals surface area contributed by atoms with Crippen molar-refractivity contribution >= 4 is 11.9 Å². The molecule has 5 heteroatoms. The lowest BCUT2D eigenvalue weighted by atomic mass is 10.2. The molecule has 1 heterocycles. The van der Waals surface area contributed by atoms with Gasteiger partial charge in [-0.3, -0.25) is 4.79 Å². The van der Waals surface area contributed by atoms with E-state index in [2.05, 4.69) is 10.3 Å². The number of nitrogens with zero attached hydrogens (tertiary/aromatic N) is 2. The first-order valence-corrected chi connectivity index (χ1v) is 6.60. The lowest BCUT2D eigenvalue weighted by Crippen LogP contribution is -2.39. The summed E-state index contributed by atoms with van der Waals surface area (Å²) in [5.41, 5.74) is 5.77. The molecule has 5 nitrogen and oxygen atoms in total. The molecule has 0 spiro atoms. The predicted octanol–water partition coefficient (Wildman–Crippen LogP) is 0.456. The fourth-order valence-corrected chi connectivity index (χ4v) is 2.54. The molecule has 0 aromatic carbocycles. The van der Waals surface area contributed by atoms with Gasteiger partial charge < -0.3 is 16.0 Å². The summed E-state index contributed by atoms with van der Waals surface area (Å²) >= 11 is 0. The van der Waals surface area contributed by atoms with Gasteiger partial charge in [-0.05, 0) is 25.7 Å². The van der Waals surface area contributed by atoms with E-state index in [0.717, 1.165) is 38.8 Å². The van der Waals surface area contributed by atoms with Crippen molar-refractivity contribution < 1.29 is 4.79 Å². The molecule has 1 saturated carbocycles. The van der Waals surface area contributed by atoms with Crippen LogP contribution in [0, 0.1) is 0 Å². The molecule has 2 fully saturated rings. The molecular weight excluding hydrogens is 216 g/mol. The van der Waals surface area contributed by atoms with Gasteiger partial charge in [-0.15, -0.1) is 0 Å². The Balaban J connectivity index is 1.72. The van der Waals surface area contributed by atoms with Crippen molar-refractivity contribution in [2.45, 2.75) is 44.6 Å². The van der Waals surface area contributed by atoms with Gasteiger partial charge in [0.1, 0.15) is 6.54 Å². The van der Waals surface area contributed by atoms with Gasteiger partial charge in [0, 0.05) is 19.1 Å². The standard InChI is InChI=1S/C12H22N4O/c13-12(15-10-5-1-2-6-10)14-9-11(17)16-7-3-4-8-16/h10H,1-9H2,(H3,13,14,15). The minimum absolute atomic E-state index is 0.0960. The van der Waals surface area contributed by atoms with E-state index in [9.17, 15) is 4.79 Å². The van der Waals surface area contributed by atoms with E-state index in [4.69, 9.17) is 5.73 Å². The smallest absolute Gasteiger partial charge is 0.244 e. The molecule has 96 valence electrons. The summed E-state index contributed by atoms with van der Waals surface area (Å²) in [7, 11) is 0. The topological polar surface area (TPSA) is 70.7 Å². The van der Waals surface area contributed by atoms with E-state index < -0.39 is 0 Å². The Morgan fingerprint density at radius 2 is 1.88 bits per heavy atom. The summed E-state index contributed by atoms with van der Waals surface area (Å²) in [6.45, 7) is 1.94. The summed E-state index contributed by atoms with van der Waals surface area (Å²) in [5.74, 6) is 0.517. The van der Waals surface area contributed by atoms with E-state index in [1.54, 1.807) is 0 Å². The number of aliphatic imine (C=N–C) groups is 1. The maximum absolute atomic E-state index is 11.7. The molecule has 17 heavy (non-hydrogen) atoms. The fourth-order valence-electron chi connectivity index (χ4n) is 2.54. The number of carbonyl (C=O) groups excluding carboxylic acids is 1. The van der Waals surface area contributed by atoms with Gasteiger partial charge in [-0.2, -0.15) is 0 Å². The highest BCUT2D eigenvalue weighted by Crippen LogP contribution is 2.17. The van der Waals surface area contributed by atoms with Gasteiger partial charge >= 0.3 is 0 Å². The number of rotatable bonds is 3. The van der Waals surface area contributed by atoms with E-state index in [0.29, 0.717) is 12.0 Å². The molecule has 0 atom stereocenters. The first kappa shape index (κ1) is 12.2. The van der Waals surface area contributed by atoms with Crippen LogP contribution in [0.5, 0.6) is 0 Å². The third kappa shape index (κ3) is 3.61. The highest BCUT2D eigenvalue weighted by molar-refractivity contribution is 5.84. The minimum atomic E-state index is 0.0960. The second-order valence-electron chi connectivity index (χ2n) is 4.92. The number of nitrogens with one attached hydrogen (secondary N) is 1. The zero-order valence-corrected chi connectivity index (χ0v) is 10.3. The van der Waals surface area contributed by atoms with Crippen LogP contribution in [0.4, 0.5) is 0 Å². The van der Waals surface area contributed by atoms with Crippen molar-refractivity contribution in [3.8, 4) is 0 Å². The molecule has 0 radical (unpaired) electrons. The first-order valence-electron chi connectivity index (χ1n) is 6.60. The van der Waals surface area contributed by atoms with Crippen molar-refractivity contribution in [2.75, 3.05) is 19.6 Å². The summed E-state index contributed by atoms with van der Waals surface area (Å²) in [6, 6.07) is 0.459. The normalized spacial score (nSPS) is 22.1. The molecule has 1 aliphatic carbocycles. The summed E-state index contributed by atoms with van der Waals surface area (Å²) in [5, 5.41) is 3.18. The Kier molecular flexibility index (Phi) is 4.23. The molecule has 0 aromatic heterocycles. The Morgan fingerprint density at radius 1 is 1.24 bits per heavy atom. The van der Waals surface area contributed by atoms with Crippen LogP contribution in [0.2, 0.25) is 0 Å². The second-order valence-corrected chi connectivity index (χ2v) is 4.92. The summed E-state index contributed by atoms with van der Waals surface area (Å²) in [4.78, 5) is 17.7. The number of guanidine groups is 1. The van der Waals surface area contributed by atoms with Gasteiger partial charge in [0.25, 0.3) is 0 Å². The lowest BCUT2D eigenvalue weighted by molar-refractivity contribution is -0.128. The number of nitrogens with two attached hydrogens (primary N) is 1. The fraction of sp³-hybridized carbons (Fsp3) is 0.833. The van der Waals surface area contributed by atoms with Gasteiger partial charge in [-0.25, -0.2) is 4.99 Å². The third-order valence-corrected chi connectivity index (χ3v) is 3.55. The number of likely N-dealkylation sites (tertiary alicyclic amines) is 1. The van der Waals surface area contributed by atoms with Crippen molar-refractivity contribution in [3.63, 3.8) is 0 Å². The van der Waals surface area contributed by atoms with E-state index in [1.807, 2.05) is 4.90 Å². The molecular formula is C12H22N4O. The zero-order valence-electron chi connectivity index (χ0n) is 10.3. The van der Waals surface area contributed by atoms with Crippen LogP contribution in [0.25, 0.3) is 0 Å². The Hall–Kier alpha value is -1.26. The van der Waals surface area contributed by atoms with Gasteiger partial charge in [0.15, 0.2) is 5.96 Å². The SMILES string of the molecule is NC(=NCC(=O)N1CCCC1)NC1CCCC1. The maximum atomic E-state index is 11.7. The van der Waals surface area contributed by atoms with Crippen LogP contribution in [-0.2, 0) is 4.79 Å². The first-order chi connectivity index (χ1) is 8.25. The van der Waals surface area contributed by atoms with Crippen molar-refractivity contribution in [2.24, 2.45) is 10.7 Å². The van der Waals surface area contributed by atoms with Crippen LogP contribution in [0.3, 0.4) is 0 Å². The molecule has 2 rings (SSSR count). The highest BCUT2D eigenvalue weighted by Gasteiger charge is 2.18. The molecule has 0 unspecified atom stereocenters. The molecule has 0 bridgehead atoms. The summed E-state index contributed by atoms with van der Waals surface area (Å²) in [6.07, 6.45) is 7.08. The number of hydrogen-bond donors (Lipinski definition) is 2. The predicted molar refractivity (Wildman–Crippen MR) is 67.7 cm³/mol. The quantitative estimate of drug-likeness (QED) is 0.554. The van der Waals surface area contributed by atoms with Crippen LogP contribution in [-0.4, -0.2) is 42.4 Å². The molecule has 0 aromatic rings. The average Bonchev–Trinajstić information content (AvgIpc) is 2.97. The largest absolute Gasteiger partial charge is 0.370 e. The summed E-state index contributed by atoms with van der Waals surface area (Å²) < 4.78 is 0. The van der Waals surface area contributed by atoms with Crippen molar-refractivity contribution in [3.05, 3.63) is 0 Å². The van der Waals surface area contributed by atoms with Gasteiger partial charge in [0.2, 0.25) is 5.91 Å². The van der Waals surface area contributed by atoms with E-state index in [-0.39, 0.29) is 12.5 Å². The highest BCUT2D eigenvalue weighted by atomic mass is 16.2. The maximum Gasteiger partial charge on any atom is 0.244 e. The monoisotopic (exact) mass is 238 g/mol. The third-order valence-electron chi connectivity index (χ3n) is 3.55. The van der Waals surface area contributed by atoms with Crippen LogP contribution in [0.1, 0.15) is 38.5 Å². The number of hydrogen-bond acceptors (Lipinski definition) is 2. The van der Waals surface area contributed by atoms with Crippen molar-refractivity contribution in [1.82, 2.24) is 10.2 Å².